The van der Waals surface area contributed by atoms with Crippen molar-refractivity contribution in [2.24, 2.45) is 23.7 Å². The fourth-order valence-electron chi connectivity index (χ4n) is 4.73. The van der Waals surface area contributed by atoms with Crippen molar-refractivity contribution in [1.82, 2.24) is 9.55 Å². The lowest BCUT2D eigenvalue weighted by Gasteiger charge is -2.15. The molecule has 1 fully saturated rings. The molecule has 0 spiro atoms. The van der Waals surface area contributed by atoms with E-state index in [1.54, 1.807) is 0 Å². The van der Waals surface area contributed by atoms with Crippen LogP contribution >= 0.6 is 0 Å². The molecule has 0 unspecified atom stereocenters. The van der Waals surface area contributed by atoms with E-state index in [9.17, 15) is 14.7 Å². The average molecular weight is 413 g/mol. The first-order chi connectivity index (χ1) is 14.2. The van der Waals surface area contributed by atoms with Gasteiger partial charge in [0.05, 0.1) is 17.0 Å². The summed E-state index contributed by atoms with van der Waals surface area (Å²) < 4.78 is 2.32. The SMILES string of the molecule is CC(C)C[C@H](CC(=O)c1ccc2c(c1)nc(CC1CCCC1)n2CC(C)C)C(=O)O. The van der Waals surface area contributed by atoms with Crippen LogP contribution < -0.4 is 0 Å². The Labute approximate surface area is 179 Å². The molecule has 1 aromatic carbocycles. The summed E-state index contributed by atoms with van der Waals surface area (Å²) in [6, 6.07) is 5.70. The fourth-order valence-corrected chi connectivity index (χ4v) is 4.73. The molecule has 164 valence electrons. The van der Waals surface area contributed by atoms with Gasteiger partial charge in [0.1, 0.15) is 5.82 Å². The van der Waals surface area contributed by atoms with Crippen LogP contribution in [0.25, 0.3) is 11.0 Å². The van der Waals surface area contributed by atoms with Gasteiger partial charge in [0.15, 0.2) is 5.78 Å². The monoisotopic (exact) mass is 412 g/mol. The van der Waals surface area contributed by atoms with Gasteiger partial charge in [0.2, 0.25) is 0 Å². The van der Waals surface area contributed by atoms with Crippen LogP contribution in [0.3, 0.4) is 0 Å². The second-order valence-electron chi connectivity index (χ2n) is 9.88. The highest BCUT2D eigenvalue weighted by molar-refractivity contribution is 6.00. The van der Waals surface area contributed by atoms with E-state index < -0.39 is 11.9 Å². The summed E-state index contributed by atoms with van der Waals surface area (Å²) >= 11 is 0. The Balaban J connectivity index is 1.87. The highest BCUT2D eigenvalue weighted by atomic mass is 16.4. The predicted octanol–water partition coefficient (Wildman–Crippen LogP) is 5.74. The zero-order chi connectivity index (χ0) is 21.8. The van der Waals surface area contributed by atoms with Crippen molar-refractivity contribution >= 4 is 22.8 Å². The third kappa shape index (κ3) is 5.50. The normalized spacial score (nSPS) is 16.1. The molecule has 1 atom stereocenters. The van der Waals surface area contributed by atoms with E-state index in [1.165, 1.54) is 25.7 Å². The average Bonchev–Trinajstić information content (AvgIpc) is 3.28. The minimum Gasteiger partial charge on any atom is -0.481 e. The van der Waals surface area contributed by atoms with Gasteiger partial charge in [0, 0.05) is 24.9 Å². The van der Waals surface area contributed by atoms with Crippen LogP contribution in [0.15, 0.2) is 18.2 Å². The topological polar surface area (TPSA) is 72.2 Å². The molecule has 1 heterocycles. The standard InChI is InChI=1S/C25H36N2O3/c1-16(2)11-20(25(29)30)14-23(28)19-9-10-22-21(13-19)26-24(27(22)15-17(3)4)12-18-7-5-6-8-18/h9-10,13,16-18,20H,5-8,11-12,14-15H2,1-4H3,(H,29,30)/t20-/m1/s1. The minimum atomic E-state index is -0.891. The van der Waals surface area contributed by atoms with Crippen molar-refractivity contribution in [1.29, 1.82) is 0 Å². The van der Waals surface area contributed by atoms with Gasteiger partial charge in [0.25, 0.3) is 0 Å². The summed E-state index contributed by atoms with van der Waals surface area (Å²) in [6.07, 6.45) is 6.74. The van der Waals surface area contributed by atoms with E-state index in [2.05, 4.69) is 18.4 Å². The molecule has 0 amide bonds. The number of carbonyl (C=O) groups is 2. The Morgan fingerprint density at radius 2 is 1.83 bits per heavy atom. The van der Waals surface area contributed by atoms with Gasteiger partial charge >= 0.3 is 5.97 Å². The molecule has 0 saturated heterocycles. The van der Waals surface area contributed by atoms with E-state index in [1.807, 2.05) is 32.0 Å². The molecular formula is C25H36N2O3. The van der Waals surface area contributed by atoms with Crippen molar-refractivity contribution in [3.05, 3.63) is 29.6 Å². The maximum absolute atomic E-state index is 12.8. The maximum atomic E-state index is 12.8. The number of Topliss-reactive ketones (excluding diaryl/α,β-unsaturated/α-hetero) is 1. The number of benzene rings is 1. The Morgan fingerprint density at radius 1 is 1.13 bits per heavy atom. The number of hydrogen-bond donors (Lipinski definition) is 1. The number of fused-ring (bicyclic) bond motifs is 1. The largest absolute Gasteiger partial charge is 0.481 e. The molecule has 3 rings (SSSR count). The smallest absolute Gasteiger partial charge is 0.306 e. The van der Waals surface area contributed by atoms with E-state index in [-0.39, 0.29) is 18.1 Å². The molecule has 0 bridgehead atoms. The molecule has 30 heavy (non-hydrogen) atoms. The second kappa shape index (κ2) is 9.76. The summed E-state index contributed by atoms with van der Waals surface area (Å²) in [5.74, 6) is 0.952. The number of nitrogens with zero attached hydrogens (tertiary/aromatic N) is 2. The van der Waals surface area contributed by atoms with Gasteiger partial charge in [-0.1, -0.05) is 53.4 Å². The number of hydrogen-bond acceptors (Lipinski definition) is 3. The van der Waals surface area contributed by atoms with E-state index in [0.717, 1.165) is 29.8 Å². The molecule has 0 aliphatic heterocycles. The highest BCUT2D eigenvalue weighted by Gasteiger charge is 2.24. The quantitative estimate of drug-likeness (QED) is 0.505. The number of ketones is 1. The van der Waals surface area contributed by atoms with Crippen LogP contribution in [0.4, 0.5) is 0 Å². The molecule has 1 aliphatic carbocycles. The van der Waals surface area contributed by atoms with Crippen LogP contribution in [0.2, 0.25) is 0 Å². The van der Waals surface area contributed by atoms with Crippen molar-refractivity contribution in [2.45, 2.75) is 79.2 Å². The van der Waals surface area contributed by atoms with Crippen molar-refractivity contribution in [2.75, 3.05) is 0 Å². The van der Waals surface area contributed by atoms with Gasteiger partial charge in [-0.3, -0.25) is 9.59 Å². The Morgan fingerprint density at radius 3 is 2.43 bits per heavy atom. The molecule has 5 nitrogen and oxygen atoms in total. The summed E-state index contributed by atoms with van der Waals surface area (Å²) in [5.41, 5.74) is 2.49. The Bertz CT molecular complexity index is 891. The summed E-state index contributed by atoms with van der Waals surface area (Å²) in [7, 11) is 0. The van der Waals surface area contributed by atoms with Crippen molar-refractivity contribution < 1.29 is 14.7 Å². The van der Waals surface area contributed by atoms with E-state index in [4.69, 9.17) is 4.98 Å². The number of carboxylic acids is 1. The van der Waals surface area contributed by atoms with Crippen LogP contribution in [0.5, 0.6) is 0 Å². The van der Waals surface area contributed by atoms with Crippen LogP contribution in [0.1, 0.15) is 82.4 Å². The van der Waals surface area contributed by atoms with Crippen LogP contribution in [-0.2, 0) is 17.8 Å². The molecule has 0 radical (unpaired) electrons. The molecule has 1 N–H and O–H groups in total. The summed E-state index contributed by atoms with van der Waals surface area (Å²) in [4.78, 5) is 29.3. The lowest BCUT2D eigenvalue weighted by atomic mass is 9.90. The van der Waals surface area contributed by atoms with E-state index in [0.29, 0.717) is 23.8 Å². The number of carbonyl (C=O) groups excluding carboxylic acids is 1. The summed E-state index contributed by atoms with van der Waals surface area (Å²) in [6.45, 7) is 9.31. The lowest BCUT2D eigenvalue weighted by molar-refractivity contribution is -0.142. The number of imidazole rings is 1. The Hall–Kier alpha value is -2.17. The molecule has 1 aromatic heterocycles. The lowest BCUT2D eigenvalue weighted by Crippen LogP contribution is -2.20. The Kier molecular flexibility index (Phi) is 7.32. The van der Waals surface area contributed by atoms with Gasteiger partial charge in [-0.05, 0) is 42.4 Å². The molecule has 2 aromatic rings. The van der Waals surface area contributed by atoms with Gasteiger partial charge in [-0.2, -0.15) is 0 Å². The van der Waals surface area contributed by atoms with Gasteiger partial charge in [-0.25, -0.2) is 4.98 Å². The molecule has 1 saturated carbocycles. The predicted molar refractivity (Wildman–Crippen MR) is 120 cm³/mol. The third-order valence-corrected chi connectivity index (χ3v) is 6.18. The molecular weight excluding hydrogens is 376 g/mol. The van der Waals surface area contributed by atoms with Gasteiger partial charge < -0.3 is 9.67 Å². The number of aliphatic carboxylic acids is 1. The fraction of sp³-hybridized carbons (Fsp3) is 0.640. The number of rotatable bonds is 10. The second-order valence-corrected chi connectivity index (χ2v) is 9.88. The van der Waals surface area contributed by atoms with Crippen LogP contribution in [-0.4, -0.2) is 26.4 Å². The highest BCUT2D eigenvalue weighted by Crippen LogP contribution is 2.30. The zero-order valence-corrected chi connectivity index (χ0v) is 18.9. The first-order valence-electron chi connectivity index (χ1n) is 11.5. The summed E-state index contributed by atoms with van der Waals surface area (Å²) in [5, 5.41) is 9.48. The first-order valence-corrected chi connectivity index (χ1v) is 11.5. The van der Waals surface area contributed by atoms with Crippen LogP contribution in [0, 0.1) is 23.7 Å². The molecule has 1 aliphatic rings. The molecule has 5 heteroatoms. The first kappa shape index (κ1) is 22.5. The third-order valence-electron chi connectivity index (χ3n) is 6.18. The van der Waals surface area contributed by atoms with Crippen molar-refractivity contribution in [3.8, 4) is 0 Å². The number of carboxylic acid groups (broad SMARTS) is 1. The number of aromatic nitrogens is 2. The van der Waals surface area contributed by atoms with Gasteiger partial charge in [-0.15, -0.1) is 0 Å². The maximum Gasteiger partial charge on any atom is 0.306 e. The van der Waals surface area contributed by atoms with E-state index >= 15 is 0 Å². The minimum absolute atomic E-state index is 0.0423. The van der Waals surface area contributed by atoms with Crippen molar-refractivity contribution in [3.63, 3.8) is 0 Å². The zero-order valence-electron chi connectivity index (χ0n) is 18.9.